The maximum atomic E-state index is 13.9. The first-order valence-corrected chi connectivity index (χ1v) is 9.24. The number of benzene rings is 2. The molecule has 1 N–H and O–H groups in total. The molecule has 0 aromatic heterocycles. The number of halogens is 6. The van der Waals surface area contributed by atoms with Crippen LogP contribution in [-0.2, 0) is 10.3 Å². The molecule has 0 heterocycles. The standard InChI is InChI=1S/C21H19F6NO2/c1-12(17-3-2-14(22)10-18(17)24)6-19(29)28-20(4-5-20)13-7-15(23)9-16(8-13)30-11-21(25,26)27/h2-3,7-10,12H,4-6,11H2,1H3,(H,28,29)/t12-/m0/s1. The van der Waals surface area contributed by atoms with Crippen LogP contribution < -0.4 is 10.1 Å². The van der Waals surface area contributed by atoms with Crippen LogP contribution in [0, 0.1) is 17.5 Å². The number of amides is 1. The van der Waals surface area contributed by atoms with Crippen molar-refractivity contribution in [1.82, 2.24) is 5.32 Å². The average molecular weight is 431 g/mol. The normalized spacial score (nSPS) is 16.1. The first-order valence-electron chi connectivity index (χ1n) is 9.24. The van der Waals surface area contributed by atoms with Crippen LogP contribution in [-0.4, -0.2) is 18.7 Å². The van der Waals surface area contributed by atoms with Gasteiger partial charge in [-0.3, -0.25) is 4.79 Å². The molecule has 0 spiro atoms. The van der Waals surface area contributed by atoms with Gasteiger partial charge in [-0.05, 0) is 48.1 Å². The van der Waals surface area contributed by atoms with E-state index in [4.69, 9.17) is 0 Å². The summed E-state index contributed by atoms with van der Waals surface area (Å²) in [7, 11) is 0. The summed E-state index contributed by atoms with van der Waals surface area (Å²) in [5.41, 5.74) is -0.421. The number of alkyl halides is 3. The van der Waals surface area contributed by atoms with E-state index in [9.17, 15) is 31.1 Å². The second kappa shape index (κ2) is 8.20. The Balaban J connectivity index is 1.69. The Morgan fingerprint density at radius 2 is 1.80 bits per heavy atom. The lowest BCUT2D eigenvalue weighted by atomic mass is 9.96. The number of carbonyl (C=O) groups is 1. The van der Waals surface area contributed by atoms with Crippen molar-refractivity contribution in [2.45, 2.75) is 43.8 Å². The summed E-state index contributed by atoms with van der Waals surface area (Å²) < 4.78 is 82.5. The predicted octanol–water partition coefficient (Wildman–Crippen LogP) is 5.34. The van der Waals surface area contributed by atoms with Gasteiger partial charge in [0.05, 0.1) is 5.54 Å². The minimum absolute atomic E-state index is 0.100. The summed E-state index contributed by atoms with van der Waals surface area (Å²) in [4.78, 5) is 12.5. The zero-order valence-electron chi connectivity index (χ0n) is 16.0. The third kappa shape index (κ3) is 5.46. The first kappa shape index (κ1) is 22.0. The van der Waals surface area contributed by atoms with E-state index in [1.54, 1.807) is 6.92 Å². The predicted molar refractivity (Wildman–Crippen MR) is 96.4 cm³/mol. The Morgan fingerprint density at radius 3 is 2.40 bits per heavy atom. The van der Waals surface area contributed by atoms with Gasteiger partial charge in [0, 0.05) is 18.6 Å². The minimum atomic E-state index is -4.57. The second-order valence-corrected chi connectivity index (χ2v) is 7.48. The van der Waals surface area contributed by atoms with Gasteiger partial charge in [0.15, 0.2) is 6.61 Å². The van der Waals surface area contributed by atoms with Crippen LogP contribution in [0.1, 0.15) is 43.2 Å². The summed E-state index contributed by atoms with van der Waals surface area (Å²) in [6, 6.07) is 6.35. The number of carbonyl (C=O) groups excluding carboxylic acids is 1. The highest BCUT2D eigenvalue weighted by molar-refractivity contribution is 5.78. The van der Waals surface area contributed by atoms with E-state index in [1.807, 2.05) is 0 Å². The molecular formula is C21H19F6NO2. The lowest BCUT2D eigenvalue weighted by Gasteiger charge is -2.21. The topological polar surface area (TPSA) is 38.3 Å². The summed E-state index contributed by atoms with van der Waals surface area (Å²) in [5, 5.41) is 2.76. The molecule has 9 heteroatoms. The Labute approximate surface area is 169 Å². The van der Waals surface area contributed by atoms with Crippen molar-refractivity contribution >= 4 is 5.91 Å². The Morgan fingerprint density at radius 1 is 1.10 bits per heavy atom. The Kier molecular flexibility index (Phi) is 6.01. The molecule has 1 aliphatic rings. The van der Waals surface area contributed by atoms with Crippen molar-refractivity contribution in [3.05, 3.63) is 65.0 Å². The Hall–Kier alpha value is -2.71. The monoisotopic (exact) mass is 431 g/mol. The lowest BCUT2D eigenvalue weighted by molar-refractivity contribution is -0.153. The molecule has 1 atom stereocenters. The zero-order valence-corrected chi connectivity index (χ0v) is 16.0. The van der Waals surface area contributed by atoms with Gasteiger partial charge in [0.1, 0.15) is 23.2 Å². The highest BCUT2D eigenvalue weighted by Gasteiger charge is 2.46. The third-order valence-electron chi connectivity index (χ3n) is 4.94. The summed E-state index contributed by atoms with van der Waals surface area (Å²) in [6.07, 6.45) is -3.72. The molecule has 1 aliphatic carbocycles. The summed E-state index contributed by atoms with van der Waals surface area (Å²) >= 11 is 0. The highest BCUT2D eigenvalue weighted by atomic mass is 19.4. The van der Waals surface area contributed by atoms with Crippen LogP contribution in [0.3, 0.4) is 0 Å². The van der Waals surface area contributed by atoms with Crippen molar-refractivity contribution in [2.24, 2.45) is 0 Å². The molecule has 3 rings (SSSR count). The van der Waals surface area contributed by atoms with Crippen LogP contribution in [0.4, 0.5) is 26.3 Å². The van der Waals surface area contributed by atoms with E-state index in [0.29, 0.717) is 18.4 Å². The molecule has 0 unspecified atom stereocenters. The van der Waals surface area contributed by atoms with Crippen molar-refractivity contribution in [3.8, 4) is 5.75 Å². The van der Waals surface area contributed by atoms with E-state index in [1.165, 1.54) is 12.1 Å². The molecule has 1 fully saturated rings. The maximum absolute atomic E-state index is 13.9. The summed E-state index contributed by atoms with van der Waals surface area (Å²) in [6.45, 7) is 0.0523. The van der Waals surface area contributed by atoms with Crippen LogP contribution in [0.2, 0.25) is 0 Å². The molecule has 0 saturated heterocycles. The minimum Gasteiger partial charge on any atom is -0.484 e. The van der Waals surface area contributed by atoms with Crippen LogP contribution >= 0.6 is 0 Å². The van der Waals surface area contributed by atoms with Gasteiger partial charge >= 0.3 is 6.18 Å². The quantitative estimate of drug-likeness (QED) is 0.601. The number of hydrogen-bond acceptors (Lipinski definition) is 2. The average Bonchev–Trinajstić information content (AvgIpc) is 3.39. The fraction of sp³-hybridized carbons (Fsp3) is 0.381. The number of hydrogen-bond donors (Lipinski definition) is 1. The van der Waals surface area contributed by atoms with Crippen LogP contribution in [0.25, 0.3) is 0 Å². The van der Waals surface area contributed by atoms with Gasteiger partial charge in [0.2, 0.25) is 5.91 Å². The SMILES string of the molecule is C[C@@H](CC(=O)NC1(c2cc(F)cc(OCC(F)(F)F)c2)CC1)c1ccc(F)cc1F. The number of nitrogens with one attached hydrogen (secondary N) is 1. The molecule has 0 bridgehead atoms. The molecule has 1 saturated carbocycles. The third-order valence-corrected chi connectivity index (χ3v) is 4.94. The lowest BCUT2D eigenvalue weighted by Crippen LogP contribution is -2.35. The van der Waals surface area contributed by atoms with Gasteiger partial charge in [-0.15, -0.1) is 0 Å². The van der Waals surface area contributed by atoms with E-state index in [0.717, 1.165) is 24.3 Å². The fourth-order valence-corrected chi connectivity index (χ4v) is 3.31. The molecule has 3 nitrogen and oxygen atoms in total. The van der Waals surface area contributed by atoms with Crippen molar-refractivity contribution < 1.29 is 35.9 Å². The van der Waals surface area contributed by atoms with Gasteiger partial charge < -0.3 is 10.1 Å². The van der Waals surface area contributed by atoms with Crippen molar-refractivity contribution in [2.75, 3.05) is 6.61 Å². The van der Waals surface area contributed by atoms with Crippen LogP contribution in [0.15, 0.2) is 36.4 Å². The zero-order chi connectivity index (χ0) is 22.1. The van der Waals surface area contributed by atoms with E-state index in [2.05, 4.69) is 10.1 Å². The molecule has 30 heavy (non-hydrogen) atoms. The molecule has 0 radical (unpaired) electrons. The van der Waals surface area contributed by atoms with E-state index in [-0.39, 0.29) is 17.7 Å². The molecule has 2 aromatic rings. The largest absolute Gasteiger partial charge is 0.484 e. The van der Waals surface area contributed by atoms with E-state index < -0.39 is 47.6 Å². The smallest absolute Gasteiger partial charge is 0.422 e. The van der Waals surface area contributed by atoms with Gasteiger partial charge in [-0.1, -0.05) is 13.0 Å². The maximum Gasteiger partial charge on any atom is 0.422 e. The molecule has 1 amide bonds. The molecular weight excluding hydrogens is 412 g/mol. The Bertz CT molecular complexity index is 940. The fourth-order valence-electron chi connectivity index (χ4n) is 3.31. The van der Waals surface area contributed by atoms with Gasteiger partial charge in [0.25, 0.3) is 0 Å². The van der Waals surface area contributed by atoms with Crippen molar-refractivity contribution in [3.63, 3.8) is 0 Å². The molecule has 162 valence electrons. The first-order chi connectivity index (χ1) is 14.0. The molecule has 2 aromatic carbocycles. The van der Waals surface area contributed by atoms with Gasteiger partial charge in [-0.25, -0.2) is 13.2 Å². The second-order valence-electron chi connectivity index (χ2n) is 7.48. The highest BCUT2D eigenvalue weighted by Crippen LogP contribution is 2.47. The van der Waals surface area contributed by atoms with E-state index >= 15 is 0 Å². The number of rotatable bonds is 7. The molecule has 0 aliphatic heterocycles. The van der Waals surface area contributed by atoms with Crippen LogP contribution in [0.5, 0.6) is 5.75 Å². The van der Waals surface area contributed by atoms with Crippen molar-refractivity contribution in [1.29, 1.82) is 0 Å². The van der Waals surface area contributed by atoms with Gasteiger partial charge in [-0.2, -0.15) is 13.2 Å². The summed E-state index contributed by atoms with van der Waals surface area (Å²) in [5.74, 6) is -3.53. The number of ether oxygens (including phenoxy) is 1.